The molecule has 6 heteroatoms. The molecule has 0 radical (unpaired) electrons. The average molecular weight is 316 g/mol. The van der Waals surface area contributed by atoms with Crippen LogP contribution < -0.4 is 10.1 Å². The number of hydrogen-bond donors (Lipinski definition) is 1. The number of nitrogens with zero attached hydrogens (tertiary/aromatic N) is 3. The van der Waals surface area contributed by atoms with Crippen molar-refractivity contribution in [1.29, 1.82) is 0 Å². The molecule has 1 aliphatic heterocycles. The molecule has 6 nitrogen and oxygen atoms in total. The Morgan fingerprint density at radius 1 is 1.43 bits per heavy atom. The van der Waals surface area contributed by atoms with Crippen LogP contribution in [0.3, 0.4) is 0 Å². The van der Waals surface area contributed by atoms with Crippen molar-refractivity contribution in [3.05, 3.63) is 42.1 Å². The zero-order valence-corrected chi connectivity index (χ0v) is 13.7. The number of methoxy groups -OCH3 is 1. The molecule has 3 rings (SSSR count). The Kier molecular flexibility index (Phi) is 5.25. The van der Waals surface area contributed by atoms with Gasteiger partial charge in [-0.3, -0.25) is 0 Å². The van der Waals surface area contributed by atoms with Crippen molar-refractivity contribution in [2.45, 2.75) is 32.5 Å². The summed E-state index contributed by atoms with van der Waals surface area (Å²) in [7, 11) is 1.63. The standard InChI is InChI=1S/C17H24N4O2/c1-3-21-9-8-19-17(21)16-13(7-10-23-16)11-18-12-14-5-4-6-15(20-14)22-2/h4-6,8-9,13,16,18H,3,7,10-12H2,1-2H3/t13-,16+/m0/s1. The van der Waals surface area contributed by atoms with E-state index in [-0.39, 0.29) is 6.10 Å². The first kappa shape index (κ1) is 16.0. The fourth-order valence-electron chi connectivity index (χ4n) is 3.03. The van der Waals surface area contributed by atoms with Gasteiger partial charge in [0.1, 0.15) is 11.9 Å². The predicted octanol–water partition coefficient (Wildman–Crippen LogP) is 2.17. The molecule has 0 saturated carbocycles. The van der Waals surface area contributed by atoms with Crippen LogP contribution in [0.2, 0.25) is 0 Å². The van der Waals surface area contributed by atoms with Gasteiger partial charge in [-0.2, -0.15) is 0 Å². The van der Waals surface area contributed by atoms with Crippen LogP contribution in [-0.4, -0.2) is 34.8 Å². The van der Waals surface area contributed by atoms with E-state index in [1.165, 1.54) is 0 Å². The van der Waals surface area contributed by atoms with Crippen LogP contribution in [-0.2, 0) is 17.8 Å². The maximum absolute atomic E-state index is 5.93. The van der Waals surface area contributed by atoms with Gasteiger partial charge < -0.3 is 19.4 Å². The first-order chi connectivity index (χ1) is 11.3. The Balaban J connectivity index is 1.57. The van der Waals surface area contributed by atoms with E-state index in [0.29, 0.717) is 11.8 Å². The maximum atomic E-state index is 5.93. The van der Waals surface area contributed by atoms with Crippen molar-refractivity contribution in [1.82, 2.24) is 19.9 Å². The SMILES string of the molecule is CCn1ccnc1[C@@H]1OCC[C@H]1CNCc1cccc(OC)n1. The van der Waals surface area contributed by atoms with Crippen LogP contribution in [0.15, 0.2) is 30.6 Å². The molecule has 1 aliphatic rings. The molecule has 0 unspecified atom stereocenters. The molecule has 2 aromatic rings. The molecule has 3 heterocycles. The first-order valence-corrected chi connectivity index (χ1v) is 8.15. The molecule has 0 aliphatic carbocycles. The highest BCUT2D eigenvalue weighted by molar-refractivity contribution is 5.15. The van der Waals surface area contributed by atoms with Crippen molar-refractivity contribution in [3.63, 3.8) is 0 Å². The van der Waals surface area contributed by atoms with Crippen LogP contribution in [0.4, 0.5) is 0 Å². The Morgan fingerprint density at radius 2 is 2.35 bits per heavy atom. The third kappa shape index (κ3) is 3.71. The minimum Gasteiger partial charge on any atom is -0.481 e. The van der Waals surface area contributed by atoms with Gasteiger partial charge in [0.25, 0.3) is 0 Å². The summed E-state index contributed by atoms with van der Waals surface area (Å²) in [5, 5.41) is 3.49. The van der Waals surface area contributed by atoms with Crippen LogP contribution >= 0.6 is 0 Å². The highest BCUT2D eigenvalue weighted by atomic mass is 16.5. The van der Waals surface area contributed by atoms with Crippen molar-refractivity contribution < 1.29 is 9.47 Å². The number of aromatic nitrogens is 3. The summed E-state index contributed by atoms with van der Waals surface area (Å²) in [6.45, 7) is 5.46. The van der Waals surface area contributed by atoms with E-state index in [1.807, 2.05) is 30.6 Å². The molecule has 1 saturated heterocycles. The Morgan fingerprint density at radius 3 is 3.17 bits per heavy atom. The number of rotatable bonds is 7. The first-order valence-electron chi connectivity index (χ1n) is 8.15. The second-order valence-electron chi connectivity index (χ2n) is 5.71. The Labute approximate surface area is 136 Å². The van der Waals surface area contributed by atoms with Crippen LogP contribution in [0.1, 0.15) is 31.0 Å². The largest absolute Gasteiger partial charge is 0.481 e. The van der Waals surface area contributed by atoms with Gasteiger partial charge >= 0.3 is 0 Å². The van der Waals surface area contributed by atoms with Gasteiger partial charge in [-0.05, 0) is 19.4 Å². The topological polar surface area (TPSA) is 61.2 Å². The minimum atomic E-state index is 0.0794. The normalized spacial score (nSPS) is 20.8. The third-order valence-electron chi connectivity index (χ3n) is 4.26. The summed E-state index contributed by atoms with van der Waals surface area (Å²) in [5.74, 6) is 2.13. The maximum Gasteiger partial charge on any atom is 0.213 e. The number of hydrogen-bond acceptors (Lipinski definition) is 5. The van der Waals surface area contributed by atoms with E-state index >= 15 is 0 Å². The summed E-state index contributed by atoms with van der Waals surface area (Å²) in [6.07, 6.45) is 5.00. The van der Waals surface area contributed by atoms with E-state index in [4.69, 9.17) is 9.47 Å². The zero-order chi connectivity index (χ0) is 16.1. The van der Waals surface area contributed by atoms with Crippen LogP contribution in [0.25, 0.3) is 0 Å². The van der Waals surface area contributed by atoms with Crippen LogP contribution in [0, 0.1) is 5.92 Å². The molecule has 124 valence electrons. The minimum absolute atomic E-state index is 0.0794. The molecular formula is C17H24N4O2. The number of aryl methyl sites for hydroxylation is 1. The fourth-order valence-corrected chi connectivity index (χ4v) is 3.03. The average Bonchev–Trinajstić information content (AvgIpc) is 3.23. The van der Waals surface area contributed by atoms with Gasteiger partial charge in [-0.15, -0.1) is 0 Å². The second-order valence-corrected chi connectivity index (χ2v) is 5.71. The molecule has 2 atom stereocenters. The van der Waals surface area contributed by atoms with Gasteiger partial charge in [-0.25, -0.2) is 9.97 Å². The van der Waals surface area contributed by atoms with E-state index in [0.717, 1.165) is 44.2 Å². The van der Waals surface area contributed by atoms with Gasteiger partial charge in [0.05, 0.1) is 12.8 Å². The number of imidazole rings is 1. The molecule has 0 aromatic carbocycles. The molecule has 0 amide bonds. The lowest BCUT2D eigenvalue weighted by Gasteiger charge is -2.19. The quantitative estimate of drug-likeness (QED) is 0.848. The van der Waals surface area contributed by atoms with E-state index in [2.05, 4.69) is 26.8 Å². The zero-order valence-electron chi connectivity index (χ0n) is 13.7. The molecule has 1 N–H and O–H groups in total. The summed E-state index contributed by atoms with van der Waals surface area (Å²) in [4.78, 5) is 8.91. The van der Waals surface area contributed by atoms with Crippen molar-refractivity contribution in [2.24, 2.45) is 5.92 Å². The fraction of sp³-hybridized carbons (Fsp3) is 0.529. The van der Waals surface area contributed by atoms with Gasteiger partial charge in [0.15, 0.2) is 0 Å². The highest BCUT2D eigenvalue weighted by Gasteiger charge is 2.32. The second kappa shape index (κ2) is 7.57. The summed E-state index contributed by atoms with van der Waals surface area (Å²) < 4.78 is 13.2. The lowest BCUT2D eigenvalue weighted by Crippen LogP contribution is -2.26. The predicted molar refractivity (Wildman–Crippen MR) is 87.2 cm³/mol. The van der Waals surface area contributed by atoms with Crippen molar-refractivity contribution >= 4 is 0 Å². The van der Waals surface area contributed by atoms with Gasteiger partial charge in [0.2, 0.25) is 5.88 Å². The molecule has 23 heavy (non-hydrogen) atoms. The van der Waals surface area contributed by atoms with E-state index < -0.39 is 0 Å². The Bertz CT molecular complexity index is 629. The third-order valence-corrected chi connectivity index (χ3v) is 4.26. The summed E-state index contributed by atoms with van der Waals surface area (Å²) >= 11 is 0. The Hall–Kier alpha value is -1.92. The number of ether oxygens (including phenoxy) is 2. The van der Waals surface area contributed by atoms with Crippen molar-refractivity contribution in [2.75, 3.05) is 20.3 Å². The molecular weight excluding hydrogens is 292 g/mol. The number of pyridine rings is 1. The summed E-state index contributed by atoms with van der Waals surface area (Å²) in [5.41, 5.74) is 0.981. The molecule has 0 bridgehead atoms. The number of nitrogens with one attached hydrogen (secondary N) is 1. The van der Waals surface area contributed by atoms with Gasteiger partial charge in [0, 0.05) is 50.6 Å². The van der Waals surface area contributed by atoms with E-state index in [1.54, 1.807) is 7.11 Å². The molecule has 1 fully saturated rings. The summed E-state index contributed by atoms with van der Waals surface area (Å²) in [6, 6.07) is 5.82. The lowest BCUT2D eigenvalue weighted by atomic mass is 10.0. The molecule has 0 spiro atoms. The van der Waals surface area contributed by atoms with Gasteiger partial charge in [-0.1, -0.05) is 6.07 Å². The lowest BCUT2D eigenvalue weighted by molar-refractivity contribution is 0.0803. The molecule has 2 aromatic heterocycles. The van der Waals surface area contributed by atoms with Crippen LogP contribution in [0.5, 0.6) is 5.88 Å². The smallest absolute Gasteiger partial charge is 0.213 e. The highest BCUT2D eigenvalue weighted by Crippen LogP contribution is 2.33. The van der Waals surface area contributed by atoms with Crippen molar-refractivity contribution in [3.8, 4) is 5.88 Å². The monoisotopic (exact) mass is 316 g/mol. The van der Waals surface area contributed by atoms with E-state index in [9.17, 15) is 0 Å².